The van der Waals surface area contributed by atoms with Gasteiger partial charge >= 0.3 is 0 Å². The van der Waals surface area contributed by atoms with Crippen LogP contribution in [0.1, 0.15) is 6.92 Å². The number of thioether (sulfide) groups is 1. The first kappa shape index (κ1) is 7.34. The van der Waals surface area contributed by atoms with Gasteiger partial charge in [-0.1, -0.05) is 11.8 Å². The van der Waals surface area contributed by atoms with Crippen LogP contribution in [0.2, 0.25) is 0 Å². The summed E-state index contributed by atoms with van der Waals surface area (Å²) in [6, 6.07) is 0. The first-order valence-electron chi connectivity index (χ1n) is 2.83. The highest BCUT2D eigenvalue weighted by atomic mass is 32.2. The van der Waals surface area contributed by atoms with Gasteiger partial charge in [0.25, 0.3) is 5.24 Å². The van der Waals surface area contributed by atoms with E-state index in [1.54, 1.807) is 0 Å². The molecule has 1 rings (SSSR count). The maximum Gasteiger partial charge on any atom is 0.283 e. The normalized spacial score (nSPS) is 17.7. The lowest BCUT2D eigenvalue weighted by molar-refractivity contribution is -0.113. The minimum atomic E-state index is -0.0926. The third-order valence-corrected chi connectivity index (χ3v) is 2.01. The Kier molecular flexibility index (Phi) is 2.11. The minimum absolute atomic E-state index is 0.0208. The van der Waals surface area contributed by atoms with Crippen molar-refractivity contribution in [3.05, 3.63) is 11.8 Å². The zero-order valence-electron chi connectivity index (χ0n) is 5.51. The van der Waals surface area contributed by atoms with Crippen molar-refractivity contribution in [3.8, 4) is 0 Å². The summed E-state index contributed by atoms with van der Waals surface area (Å²) in [5, 5.41) is 2.36. The molecule has 0 atom stereocenters. The average molecular weight is 157 g/mol. The number of rotatable bonds is 1. The van der Waals surface area contributed by atoms with Crippen LogP contribution >= 0.6 is 11.8 Å². The molecule has 1 aliphatic rings. The van der Waals surface area contributed by atoms with Crippen molar-refractivity contribution < 1.29 is 9.59 Å². The van der Waals surface area contributed by atoms with Gasteiger partial charge < -0.3 is 5.32 Å². The third kappa shape index (κ3) is 1.60. The van der Waals surface area contributed by atoms with Gasteiger partial charge in [0.15, 0.2) is 5.78 Å². The van der Waals surface area contributed by atoms with Gasteiger partial charge in [-0.25, -0.2) is 0 Å². The van der Waals surface area contributed by atoms with Crippen molar-refractivity contribution in [3.63, 3.8) is 0 Å². The monoisotopic (exact) mass is 157 g/mol. The van der Waals surface area contributed by atoms with E-state index in [0.29, 0.717) is 11.3 Å². The van der Waals surface area contributed by atoms with E-state index in [1.807, 2.05) is 0 Å². The van der Waals surface area contributed by atoms with E-state index < -0.39 is 0 Å². The van der Waals surface area contributed by atoms with Crippen molar-refractivity contribution in [1.29, 1.82) is 0 Å². The highest BCUT2D eigenvalue weighted by Crippen LogP contribution is 2.13. The predicted molar refractivity (Wildman–Crippen MR) is 39.8 cm³/mol. The molecule has 1 N–H and O–H groups in total. The molecule has 0 unspecified atom stereocenters. The summed E-state index contributed by atoms with van der Waals surface area (Å²) in [4.78, 5) is 21.2. The molecule has 0 saturated carbocycles. The lowest BCUT2D eigenvalue weighted by Crippen LogP contribution is -2.20. The summed E-state index contributed by atoms with van der Waals surface area (Å²) < 4.78 is 0. The average Bonchev–Trinajstić information content (AvgIpc) is 1.88. The summed E-state index contributed by atoms with van der Waals surface area (Å²) in [7, 11) is 0. The molecule has 1 amide bonds. The Labute approximate surface area is 62.9 Å². The third-order valence-electron chi connectivity index (χ3n) is 1.18. The Bertz CT molecular complexity index is 210. The van der Waals surface area contributed by atoms with Crippen LogP contribution in [0.25, 0.3) is 0 Å². The quantitative estimate of drug-likeness (QED) is 0.615. The lowest BCUT2D eigenvalue weighted by Gasteiger charge is -2.08. The Morgan fingerprint density at radius 2 is 2.50 bits per heavy atom. The smallest absolute Gasteiger partial charge is 0.283 e. The Morgan fingerprint density at radius 1 is 1.80 bits per heavy atom. The topological polar surface area (TPSA) is 46.2 Å². The molecule has 0 spiro atoms. The zero-order chi connectivity index (χ0) is 7.56. The van der Waals surface area contributed by atoms with Crippen LogP contribution in [0.15, 0.2) is 11.8 Å². The van der Waals surface area contributed by atoms with Crippen LogP contribution in [0, 0.1) is 0 Å². The predicted octanol–water partition coefficient (Wildman–Crippen LogP) is 0.916. The second-order valence-corrected chi connectivity index (χ2v) is 2.89. The number of ketones is 1. The van der Waals surface area contributed by atoms with E-state index in [1.165, 1.54) is 13.1 Å². The standard InChI is InChI=1S/C6H7NO2S/c1-4(8)5-2-7-6(9)10-3-5/h2H,3H2,1H3,(H,7,9). The maximum absolute atomic E-state index is 10.7. The van der Waals surface area contributed by atoms with E-state index in [9.17, 15) is 9.59 Å². The number of carbonyl (C=O) groups excluding carboxylic acids is 2. The number of amides is 1. The van der Waals surface area contributed by atoms with E-state index >= 15 is 0 Å². The molecule has 0 aromatic rings. The molecule has 3 nitrogen and oxygen atoms in total. The van der Waals surface area contributed by atoms with Crippen molar-refractivity contribution in [2.75, 3.05) is 5.75 Å². The molecule has 1 heterocycles. The van der Waals surface area contributed by atoms with Gasteiger partial charge in [-0.15, -0.1) is 0 Å². The molecule has 0 aromatic heterocycles. The van der Waals surface area contributed by atoms with Gasteiger partial charge in [0.1, 0.15) is 0 Å². The van der Waals surface area contributed by atoms with Gasteiger partial charge in [0.2, 0.25) is 0 Å². The highest BCUT2D eigenvalue weighted by Gasteiger charge is 2.12. The summed E-state index contributed by atoms with van der Waals surface area (Å²) in [5.41, 5.74) is 0.671. The number of carbonyl (C=O) groups is 2. The van der Waals surface area contributed by atoms with Gasteiger partial charge in [-0.3, -0.25) is 9.59 Å². The molecule has 0 saturated heterocycles. The van der Waals surface area contributed by atoms with Crippen LogP contribution < -0.4 is 5.32 Å². The fourth-order valence-electron chi connectivity index (χ4n) is 0.576. The van der Waals surface area contributed by atoms with Gasteiger partial charge in [0.05, 0.1) is 0 Å². The van der Waals surface area contributed by atoms with Crippen molar-refractivity contribution in [1.82, 2.24) is 5.32 Å². The molecule has 0 aliphatic carbocycles. The largest absolute Gasteiger partial charge is 0.323 e. The Morgan fingerprint density at radius 3 is 2.90 bits per heavy atom. The van der Waals surface area contributed by atoms with Crippen molar-refractivity contribution in [2.24, 2.45) is 0 Å². The second kappa shape index (κ2) is 2.88. The number of nitrogens with one attached hydrogen (secondary N) is 1. The molecule has 10 heavy (non-hydrogen) atoms. The van der Waals surface area contributed by atoms with Crippen LogP contribution in [0.5, 0.6) is 0 Å². The second-order valence-electron chi connectivity index (χ2n) is 1.95. The van der Waals surface area contributed by atoms with Crippen LogP contribution in [-0.2, 0) is 4.79 Å². The summed E-state index contributed by atoms with van der Waals surface area (Å²) >= 11 is 1.12. The SMILES string of the molecule is CC(=O)C1=CNC(=O)SC1. The summed E-state index contributed by atoms with van der Waals surface area (Å²) in [5.74, 6) is 0.522. The highest BCUT2D eigenvalue weighted by molar-refractivity contribution is 8.13. The lowest BCUT2D eigenvalue weighted by atomic mass is 10.2. The van der Waals surface area contributed by atoms with E-state index in [4.69, 9.17) is 0 Å². The van der Waals surface area contributed by atoms with Gasteiger partial charge in [0, 0.05) is 17.5 Å². The molecule has 0 radical (unpaired) electrons. The molecule has 1 aliphatic heterocycles. The summed E-state index contributed by atoms with van der Waals surface area (Å²) in [6.07, 6.45) is 1.47. The minimum Gasteiger partial charge on any atom is -0.323 e. The van der Waals surface area contributed by atoms with Gasteiger partial charge in [-0.2, -0.15) is 0 Å². The first-order chi connectivity index (χ1) is 4.70. The Balaban J connectivity index is 2.65. The van der Waals surface area contributed by atoms with Crippen LogP contribution in [-0.4, -0.2) is 16.8 Å². The molecule has 0 aromatic carbocycles. The summed E-state index contributed by atoms with van der Waals surface area (Å²) in [6.45, 7) is 1.49. The first-order valence-corrected chi connectivity index (χ1v) is 3.82. The number of hydrogen-bond donors (Lipinski definition) is 1. The van der Waals surface area contributed by atoms with Crippen LogP contribution in [0.4, 0.5) is 4.79 Å². The van der Waals surface area contributed by atoms with E-state index in [2.05, 4.69) is 5.32 Å². The van der Waals surface area contributed by atoms with Crippen LogP contribution in [0.3, 0.4) is 0 Å². The number of hydrogen-bond acceptors (Lipinski definition) is 3. The Hall–Kier alpha value is -0.770. The molecule has 54 valence electrons. The molecular weight excluding hydrogens is 150 g/mol. The fraction of sp³-hybridized carbons (Fsp3) is 0.333. The van der Waals surface area contributed by atoms with E-state index in [-0.39, 0.29) is 11.0 Å². The van der Waals surface area contributed by atoms with Crippen molar-refractivity contribution >= 4 is 22.8 Å². The molecule has 0 bridgehead atoms. The van der Waals surface area contributed by atoms with Crippen molar-refractivity contribution in [2.45, 2.75) is 6.92 Å². The number of Topliss-reactive ketones (excluding diaryl/α,β-unsaturated/α-hetero) is 1. The van der Waals surface area contributed by atoms with E-state index in [0.717, 1.165) is 11.8 Å². The zero-order valence-corrected chi connectivity index (χ0v) is 6.33. The maximum atomic E-state index is 10.7. The molecule has 0 fully saturated rings. The van der Waals surface area contributed by atoms with Gasteiger partial charge in [-0.05, 0) is 6.92 Å². The molecule has 4 heteroatoms. The molecular formula is C6H7NO2S. The fourth-order valence-corrected chi connectivity index (χ4v) is 1.29.